The zero-order valence-corrected chi connectivity index (χ0v) is 15.5. The molecule has 0 spiro atoms. The van der Waals surface area contributed by atoms with Crippen LogP contribution < -0.4 is 0 Å². The molecule has 0 atom stereocenters. The molecule has 4 nitrogen and oxygen atoms in total. The molecule has 0 unspecified atom stereocenters. The highest BCUT2D eigenvalue weighted by atomic mass is 32.2. The van der Waals surface area contributed by atoms with Crippen LogP contribution >= 0.6 is 11.8 Å². The first-order valence-electron chi connectivity index (χ1n) is 8.73. The summed E-state index contributed by atoms with van der Waals surface area (Å²) >= 11 is 1.83. The molecule has 0 amide bonds. The van der Waals surface area contributed by atoms with Gasteiger partial charge in [0.15, 0.2) is 0 Å². The van der Waals surface area contributed by atoms with E-state index in [1.165, 1.54) is 21.6 Å². The molecule has 1 aliphatic carbocycles. The zero-order chi connectivity index (χ0) is 18.0. The van der Waals surface area contributed by atoms with Crippen LogP contribution in [0.1, 0.15) is 35.1 Å². The molecular formula is C21H20N4S. The van der Waals surface area contributed by atoms with Crippen LogP contribution in [0.4, 0.5) is 0 Å². The summed E-state index contributed by atoms with van der Waals surface area (Å²) in [7, 11) is 0. The maximum atomic E-state index is 9.60. The van der Waals surface area contributed by atoms with Gasteiger partial charge in [-0.2, -0.15) is 10.4 Å². The number of rotatable bonds is 6. The number of hydrogen-bond acceptors (Lipinski definition) is 4. The highest BCUT2D eigenvalue weighted by Gasteiger charge is 2.45. The molecule has 1 aromatic heterocycles. The summed E-state index contributed by atoms with van der Waals surface area (Å²) in [5.41, 5.74) is 4.58. The molecule has 130 valence electrons. The summed E-state index contributed by atoms with van der Waals surface area (Å²) in [6.45, 7) is 2.78. The van der Waals surface area contributed by atoms with Gasteiger partial charge in [-0.3, -0.25) is 0 Å². The lowest BCUT2D eigenvalue weighted by Crippen LogP contribution is -2.07. The van der Waals surface area contributed by atoms with E-state index in [1.54, 1.807) is 12.7 Å². The van der Waals surface area contributed by atoms with Crippen LogP contribution in [-0.4, -0.2) is 14.8 Å². The monoisotopic (exact) mass is 360 g/mol. The Hall–Kier alpha value is -2.58. The fourth-order valence-corrected chi connectivity index (χ4v) is 3.93. The SMILES string of the molecule is Cc1ccc(SCc2cc(Cn3cncn3)cc(C3(C#N)CC3)c2)cc1. The molecule has 3 aromatic rings. The summed E-state index contributed by atoms with van der Waals surface area (Å²) in [4.78, 5) is 5.28. The van der Waals surface area contributed by atoms with Crippen LogP contribution in [0.2, 0.25) is 0 Å². The van der Waals surface area contributed by atoms with Gasteiger partial charge in [0, 0.05) is 10.6 Å². The first-order valence-corrected chi connectivity index (χ1v) is 9.72. The number of nitriles is 1. The number of benzene rings is 2. The van der Waals surface area contributed by atoms with Crippen LogP contribution in [0.3, 0.4) is 0 Å². The van der Waals surface area contributed by atoms with Crippen molar-refractivity contribution in [3.63, 3.8) is 0 Å². The second-order valence-electron chi connectivity index (χ2n) is 6.93. The minimum absolute atomic E-state index is 0.276. The molecule has 0 saturated heterocycles. The van der Waals surface area contributed by atoms with Crippen molar-refractivity contribution in [2.24, 2.45) is 0 Å². The number of hydrogen-bond donors (Lipinski definition) is 0. The van der Waals surface area contributed by atoms with Crippen LogP contribution in [0.5, 0.6) is 0 Å². The number of aryl methyl sites for hydroxylation is 1. The van der Waals surface area contributed by atoms with Crippen LogP contribution in [0.15, 0.2) is 60.0 Å². The lowest BCUT2D eigenvalue weighted by atomic mass is 9.94. The number of aromatic nitrogens is 3. The first kappa shape index (κ1) is 16.9. The van der Waals surface area contributed by atoms with Gasteiger partial charge >= 0.3 is 0 Å². The molecule has 0 bridgehead atoms. The van der Waals surface area contributed by atoms with Crippen molar-refractivity contribution >= 4 is 11.8 Å². The van der Waals surface area contributed by atoms with Crippen LogP contribution in [-0.2, 0) is 17.7 Å². The zero-order valence-electron chi connectivity index (χ0n) is 14.7. The highest BCUT2D eigenvalue weighted by molar-refractivity contribution is 7.98. The minimum Gasteiger partial charge on any atom is -0.249 e. The molecule has 4 rings (SSSR count). The Morgan fingerprint density at radius 1 is 1.15 bits per heavy atom. The molecular weight excluding hydrogens is 340 g/mol. The van der Waals surface area contributed by atoms with Gasteiger partial charge in [-0.15, -0.1) is 11.8 Å². The predicted molar refractivity (Wildman–Crippen MR) is 103 cm³/mol. The third-order valence-corrected chi connectivity index (χ3v) is 5.89. The molecule has 1 heterocycles. The smallest absolute Gasteiger partial charge is 0.137 e. The number of nitrogens with zero attached hydrogens (tertiary/aromatic N) is 4. The summed E-state index contributed by atoms with van der Waals surface area (Å²) in [5, 5.41) is 13.8. The standard InChI is InChI=1S/C21H20N4S/c1-16-2-4-20(5-3-16)26-12-18-8-17(11-25-15-23-14-24-25)9-19(10-18)21(13-22)6-7-21/h2-5,8-10,14-15H,6-7,11-12H2,1H3. The predicted octanol–water partition coefficient (Wildman–Crippen LogP) is 4.48. The summed E-state index contributed by atoms with van der Waals surface area (Å²) in [6.07, 6.45) is 5.20. The van der Waals surface area contributed by atoms with E-state index < -0.39 is 0 Å². The van der Waals surface area contributed by atoms with Gasteiger partial charge in [-0.05, 0) is 48.6 Å². The fourth-order valence-electron chi connectivity index (χ4n) is 3.11. The molecule has 2 aromatic carbocycles. The summed E-state index contributed by atoms with van der Waals surface area (Å²) in [5.74, 6) is 0.892. The topological polar surface area (TPSA) is 54.5 Å². The van der Waals surface area contributed by atoms with Crippen molar-refractivity contribution in [2.75, 3.05) is 0 Å². The molecule has 5 heteroatoms. The maximum absolute atomic E-state index is 9.60. The summed E-state index contributed by atoms with van der Waals surface area (Å²) in [6, 6.07) is 17.7. The van der Waals surface area contributed by atoms with E-state index in [9.17, 15) is 5.26 Å². The van der Waals surface area contributed by atoms with Crippen molar-refractivity contribution in [3.05, 3.63) is 77.4 Å². The van der Waals surface area contributed by atoms with Crippen molar-refractivity contribution in [3.8, 4) is 6.07 Å². The molecule has 1 fully saturated rings. The Bertz CT molecular complexity index is 935. The lowest BCUT2D eigenvalue weighted by Gasteiger charge is -2.13. The van der Waals surface area contributed by atoms with E-state index in [-0.39, 0.29) is 5.41 Å². The lowest BCUT2D eigenvalue weighted by molar-refractivity contribution is 0.683. The molecule has 1 saturated carbocycles. The average molecular weight is 360 g/mol. The van der Waals surface area contributed by atoms with Gasteiger partial charge < -0.3 is 0 Å². The molecule has 1 aliphatic rings. The Kier molecular flexibility index (Phi) is 4.52. The van der Waals surface area contributed by atoms with E-state index in [0.717, 1.165) is 24.2 Å². The second kappa shape index (κ2) is 6.97. The Balaban J connectivity index is 1.59. The largest absolute Gasteiger partial charge is 0.249 e. The van der Waals surface area contributed by atoms with Gasteiger partial charge in [0.25, 0.3) is 0 Å². The normalized spacial score (nSPS) is 14.8. The number of thioether (sulfide) groups is 1. The average Bonchev–Trinajstić information content (AvgIpc) is 3.31. The third-order valence-electron chi connectivity index (χ3n) is 4.81. The van der Waals surface area contributed by atoms with Crippen molar-refractivity contribution in [1.82, 2.24) is 14.8 Å². The Morgan fingerprint density at radius 3 is 2.58 bits per heavy atom. The van der Waals surface area contributed by atoms with E-state index in [0.29, 0.717) is 6.54 Å². The van der Waals surface area contributed by atoms with Crippen molar-refractivity contribution in [2.45, 2.75) is 42.4 Å². The van der Waals surface area contributed by atoms with Gasteiger partial charge in [-0.1, -0.05) is 35.9 Å². The Labute approximate surface area is 157 Å². The van der Waals surface area contributed by atoms with Crippen molar-refractivity contribution < 1.29 is 0 Å². The van der Waals surface area contributed by atoms with Crippen LogP contribution in [0, 0.1) is 18.3 Å². The molecule has 0 aliphatic heterocycles. The van der Waals surface area contributed by atoms with Gasteiger partial charge in [-0.25, -0.2) is 9.67 Å². The quantitative estimate of drug-likeness (QED) is 0.608. The van der Waals surface area contributed by atoms with E-state index >= 15 is 0 Å². The summed E-state index contributed by atoms with van der Waals surface area (Å²) < 4.78 is 1.82. The molecule has 0 N–H and O–H groups in total. The molecule has 0 radical (unpaired) electrons. The molecule has 26 heavy (non-hydrogen) atoms. The second-order valence-corrected chi connectivity index (χ2v) is 7.98. The Morgan fingerprint density at radius 2 is 1.92 bits per heavy atom. The third kappa shape index (κ3) is 3.66. The maximum Gasteiger partial charge on any atom is 0.137 e. The van der Waals surface area contributed by atoms with Gasteiger partial charge in [0.1, 0.15) is 12.7 Å². The van der Waals surface area contributed by atoms with Gasteiger partial charge in [0.05, 0.1) is 18.0 Å². The highest BCUT2D eigenvalue weighted by Crippen LogP contribution is 2.48. The van der Waals surface area contributed by atoms with E-state index in [2.05, 4.69) is 65.5 Å². The van der Waals surface area contributed by atoms with Gasteiger partial charge in [0.2, 0.25) is 0 Å². The van der Waals surface area contributed by atoms with Crippen molar-refractivity contribution in [1.29, 1.82) is 5.26 Å². The van der Waals surface area contributed by atoms with E-state index in [4.69, 9.17) is 0 Å². The minimum atomic E-state index is -0.276. The van der Waals surface area contributed by atoms with Crippen LogP contribution in [0.25, 0.3) is 0 Å². The van der Waals surface area contributed by atoms with E-state index in [1.807, 2.05) is 16.4 Å². The first-order chi connectivity index (χ1) is 12.7. The fraction of sp³-hybridized carbons (Fsp3) is 0.286.